The SMILES string of the molecule is CCc1c([C@](O)(CC)C(=O)O)cc2n(c1=O)Cc1cc3c(OC)cccc3nc1-2. The fourth-order valence-corrected chi connectivity index (χ4v) is 4.11. The molecule has 2 aromatic heterocycles. The van der Waals surface area contributed by atoms with E-state index in [2.05, 4.69) is 0 Å². The van der Waals surface area contributed by atoms with Crippen LogP contribution in [-0.4, -0.2) is 32.8 Å². The van der Waals surface area contributed by atoms with E-state index in [1.807, 2.05) is 24.3 Å². The Morgan fingerprint density at radius 3 is 2.69 bits per heavy atom. The second-order valence-corrected chi connectivity index (χ2v) is 7.21. The number of ether oxygens (including phenoxy) is 1. The van der Waals surface area contributed by atoms with Crippen LogP contribution < -0.4 is 10.3 Å². The van der Waals surface area contributed by atoms with Crippen LogP contribution in [0.3, 0.4) is 0 Å². The third kappa shape index (κ3) is 2.65. The molecule has 7 heteroatoms. The topological polar surface area (TPSA) is 102 Å². The van der Waals surface area contributed by atoms with Gasteiger partial charge in [0.1, 0.15) is 5.75 Å². The maximum atomic E-state index is 13.2. The van der Waals surface area contributed by atoms with Crippen LogP contribution >= 0.6 is 0 Å². The highest BCUT2D eigenvalue weighted by Gasteiger charge is 2.40. The molecule has 1 aliphatic heterocycles. The minimum absolute atomic E-state index is 0.0482. The monoisotopic (exact) mass is 394 g/mol. The minimum atomic E-state index is -2.12. The molecule has 0 unspecified atom stereocenters. The largest absolute Gasteiger partial charge is 0.496 e. The summed E-state index contributed by atoms with van der Waals surface area (Å²) < 4.78 is 7.02. The Kier molecular flexibility index (Phi) is 4.42. The van der Waals surface area contributed by atoms with Gasteiger partial charge in [-0.1, -0.05) is 19.9 Å². The lowest BCUT2D eigenvalue weighted by molar-refractivity contribution is -0.160. The Morgan fingerprint density at radius 1 is 1.31 bits per heavy atom. The standard InChI is InChI=1S/C22H22N2O5/c1-4-13-15(22(28,5-2)21(26)27)10-17-19-12(11-24(17)20(13)25)9-14-16(23-19)7-6-8-18(14)29-3/h6-10,28H,4-5,11H2,1-3H3,(H,26,27)/t22-/m1/s1. The second-order valence-electron chi connectivity index (χ2n) is 7.21. The third-order valence-corrected chi connectivity index (χ3v) is 5.75. The summed E-state index contributed by atoms with van der Waals surface area (Å²) >= 11 is 0. The number of nitrogens with zero attached hydrogens (tertiary/aromatic N) is 2. The molecule has 29 heavy (non-hydrogen) atoms. The number of methoxy groups -OCH3 is 1. The molecule has 4 rings (SSSR count). The van der Waals surface area contributed by atoms with E-state index in [4.69, 9.17) is 9.72 Å². The highest BCUT2D eigenvalue weighted by atomic mass is 16.5. The lowest BCUT2D eigenvalue weighted by atomic mass is 9.86. The Labute approximate surface area is 167 Å². The number of carbonyl (C=O) groups is 1. The maximum absolute atomic E-state index is 13.2. The first-order valence-corrected chi connectivity index (χ1v) is 9.55. The summed E-state index contributed by atoms with van der Waals surface area (Å²) in [7, 11) is 1.60. The van der Waals surface area contributed by atoms with E-state index in [-0.39, 0.29) is 17.5 Å². The smallest absolute Gasteiger partial charge is 0.340 e. The molecule has 0 saturated heterocycles. The molecule has 7 nitrogen and oxygen atoms in total. The number of rotatable bonds is 5. The molecule has 0 amide bonds. The van der Waals surface area contributed by atoms with E-state index < -0.39 is 11.6 Å². The maximum Gasteiger partial charge on any atom is 0.340 e. The zero-order valence-electron chi connectivity index (χ0n) is 16.5. The van der Waals surface area contributed by atoms with Crippen LogP contribution in [0.25, 0.3) is 22.3 Å². The molecule has 0 saturated carbocycles. The summed E-state index contributed by atoms with van der Waals surface area (Å²) in [6, 6.07) is 9.13. The first kappa shape index (κ1) is 19.1. The van der Waals surface area contributed by atoms with Crippen molar-refractivity contribution in [3.05, 3.63) is 57.4 Å². The van der Waals surface area contributed by atoms with Crippen molar-refractivity contribution >= 4 is 16.9 Å². The Hall–Kier alpha value is -3.19. The molecular formula is C22H22N2O5. The van der Waals surface area contributed by atoms with Gasteiger partial charge in [-0.25, -0.2) is 9.78 Å². The van der Waals surface area contributed by atoms with Crippen LogP contribution in [0, 0.1) is 0 Å². The summed E-state index contributed by atoms with van der Waals surface area (Å²) in [5, 5.41) is 21.3. The molecule has 0 fully saturated rings. The number of fused-ring (bicyclic) bond motifs is 4. The van der Waals surface area contributed by atoms with Crippen molar-refractivity contribution in [2.75, 3.05) is 7.11 Å². The van der Waals surface area contributed by atoms with Crippen molar-refractivity contribution in [3.8, 4) is 17.1 Å². The van der Waals surface area contributed by atoms with Crippen molar-refractivity contribution in [1.82, 2.24) is 9.55 Å². The molecule has 3 aromatic rings. The molecule has 0 spiro atoms. The average molecular weight is 394 g/mol. The average Bonchev–Trinajstić information content (AvgIpc) is 3.08. The number of pyridine rings is 2. The van der Waals surface area contributed by atoms with Crippen molar-refractivity contribution in [1.29, 1.82) is 0 Å². The van der Waals surface area contributed by atoms with Crippen LogP contribution in [-0.2, 0) is 23.4 Å². The van der Waals surface area contributed by atoms with Gasteiger partial charge in [-0.2, -0.15) is 0 Å². The van der Waals surface area contributed by atoms with E-state index in [0.29, 0.717) is 41.2 Å². The Balaban J connectivity index is 2.02. The fourth-order valence-electron chi connectivity index (χ4n) is 4.11. The molecule has 0 radical (unpaired) electrons. The van der Waals surface area contributed by atoms with Crippen LogP contribution in [0.15, 0.2) is 35.1 Å². The summed E-state index contributed by atoms with van der Waals surface area (Å²) in [5.74, 6) is -0.671. The predicted octanol–water partition coefficient (Wildman–Crippen LogP) is 2.68. The van der Waals surface area contributed by atoms with E-state index >= 15 is 0 Å². The number of aromatic nitrogens is 2. The van der Waals surface area contributed by atoms with E-state index in [1.165, 1.54) is 0 Å². The normalized spacial score (nSPS) is 14.3. The Bertz CT molecular complexity index is 1210. The molecule has 1 atom stereocenters. The number of carboxylic acids is 1. The summed E-state index contributed by atoms with van der Waals surface area (Å²) in [6.45, 7) is 3.71. The second kappa shape index (κ2) is 6.70. The molecule has 2 N–H and O–H groups in total. The van der Waals surface area contributed by atoms with Crippen molar-refractivity contribution < 1.29 is 19.7 Å². The van der Waals surface area contributed by atoms with Crippen LogP contribution in [0.1, 0.15) is 37.0 Å². The van der Waals surface area contributed by atoms with Crippen molar-refractivity contribution in [2.45, 2.75) is 38.8 Å². The number of hydrogen-bond donors (Lipinski definition) is 2. The zero-order valence-corrected chi connectivity index (χ0v) is 16.5. The fraction of sp³-hybridized carbons (Fsp3) is 0.318. The number of hydrogen-bond acceptors (Lipinski definition) is 5. The molecule has 150 valence electrons. The molecular weight excluding hydrogens is 372 g/mol. The molecule has 3 heterocycles. The first-order valence-electron chi connectivity index (χ1n) is 9.55. The summed E-state index contributed by atoms with van der Waals surface area (Å²) in [5.41, 5.74) is 0.765. The van der Waals surface area contributed by atoms with Gasteiger partial charge < -0.3 is 19.5 Å². The van der Waals surface area contributed by atoms with E-state index in [9.17, 15) is 19.8 Å². The van der Waals surface area contributed by atoms with Gasteiger partial charge in [0.15, 0.2) is 5.60 Å². The third-order valence-electron chi connectivity index (χ3n) is 5.75. The first-order chi connectivity index (χ1) is 13.8. The van der Waals surface area contributed by atoms with Crippen LogP contribution in [0.2, 0.25) is 0 Å². The lowest BCUT2D eigenvalue weighted by Gasteiger charge is -2.25. The van der Waals surface area contributed by atoms with Gasteiger partial charge in [-0.3, -0.25) is 4.79 Å². The lowest BCUT2D eigenvalue weighted by Crippen LogP contribution is -2.39. The summed E-state index contributed by atoms with van der Waals surface area (Å²) in [4.78, 5) is 29.8. The number of benzene rings is 1. The van der Waals surface area contributed by atoms with Gasteiger partial charge in [-0.15, -0.1) is 0 Å². The Morgan fingerprint density at radius 2 is 2.07 bits per heavy atom. The van der Waals surface area contributed by atoms with Gasteiger partial charge in [0.2, 0.25) is 0 Å². The van der Waals surface area contributed by atoms with Gasteiger partial charge in [-0.05, 0) is 37.1 Å². The highest BCUT2D eigenvalue weighted by molar-refractivity contribution is 5.89. The van der Waals surface area contributed by atoms with Gasteiger partial charge in [0, 0.05) is 22.1 Å². The van der Waals surface area contributed by atoms with Crippen LogP contribution in [0.4, 0.5) is 0 Å². The number of aliphatic carboxylic acids is 1. The van der Waals surface area contributed by atoms with E-state index in [0.717, 1.165) is 10.9 Å². The summed E-state index contributed by atoms with van der Waals surface area (Å²) in [6.07, 6.45) is 0.275. The quantitative estimate of drug-likeness (QED) is 0.540. The zero-order chi connectivity index (χ0) is 20.9. The highest BCUT2D eigenvalue weighted by Crippen LogP contribution is 2.37. The van der Waals surface area contributed by atoms with E-state index in [1.54, 1.807) is 31.6 Å². The van der Waals surface area contributed by atoms with Crippen molar-refractivity contribution in [3.63, 3.8) is 0 Å². The number of aliphatic hydroxyl groups is 1. The molecule has 1 aliphatic rings. The van der Waals surface area contributed by atoms with Gasteiger partial charge in [0.25, 0.3) is 5.56 Å². The minimum Gasteiger partial charge on any atom is -0.496 e. The molecule has 0 aliphatic carbocycles. The molecule has 1 aromatic carbocycles. The predicted molar refractivity (Wildman–Crippen MR) is 108 cm³/mol. The molecule has 0 bridgehead atoms. The van der Waals surface area contributed by atoms with Crippen molar-refractivity contribution in [2.24, 2.45) is 0 Å². The van der Waals surface area contributed by atoms with Gasteiger partial charge >= 0.3 is 5.97 Å². The van der Waals surface area contributed by atoms with Crippen LogP contribution in [0.5, 0.6) is 5.75 Å². The number of carboxylic acid groups (broad SMARTS) is 1. The van der Waals surface area contributed by atoms with Gasteiger partial charge in [0.05, 0.1) is 30.6 Å².